The Hall–Kier alpha value is -1.56. The van der Waals surface area contributed by atoms with Crippen molar-refractivity contribution >= 4 is 5.91 Å². The molecule has 1 aromatic carbocycles. The molecular weight excluding hydrogens is 245 g/mol. The van der Waals surface area contributed by atoms with E-state index in [1.165, 1.54) is 4.90 Å². The minimum atomic E-state index is -1.24. The fraction of sp³-hybridized carbons (Fsp3) is 0.417. The largest absolute Gasteiger partial charge is 0.333 e. The summed E-state index contributed by atoms with van der Waals surface area (Å²) >= 11 is 0. The van der Waals surface area contributed by atoms with Crippen LogP contribution in [0.3, 0.4) is 0 Å². The Bertz CT molecular complexity index is 479. The SMILES string of the molecule is C[C@H]1CNCC(=O)N1Cc1cc(F)cc(F)c1F. The van der Waals surface area contributed by atoms with E-state index in [0.717, 1.165) is 6.07 Å². The molecule has 1 aromatic rings. The zero-order valence-electron chi connectivity index (χ0n) is 9.84. The monoisotopic (exact) mass is 258 g/mol. The summed E-state index contributed by atoms with van der Waals surface area (Å²) in [7, 11) is 0. The highest BCUT2D eigenvalue weighted by molar-refractivity contribution is 5.79. The first-order valence-electron chi connectivity index (χ1n) is 5.62. The van der Waals surface area contributed by atoms with Crippen molar-refractivity contribution < 1.29 is 18.0 Å². The minimum Gasteiger partial charge on any atom is -0.333 e. The number of rotatable bonds is 2. The first-order chi connectivity index (χ1) is 8.49. The van der Waals surface area contributed by atoms with Crippen LogP contribution in [0.5, 0.6) is 0 Å². The molecule has 1 fully saturated rings. The van der Waals surface area contributed by atoms with Gasteiger partial charge in [-0.3, -0.25) is 4.79 Å². The van der Waals surface area contributed by atoms with Gasteiger partial charge in [0.05, 0.1) is 6.54 Å². The maximum absolute atomic E-state index is 13.5. The van der Waals surface area contributed by atoms with E-state index in [0.29, 0.717) is 12.6 Å². The molecule has 1 atom stereocenters. The van der Waals surface area contributed by atoms with E-state index < -0.39 is 17.5 Å². The molecule has 6 heteroatoms. The van der Waals surface area contributed by atoms with Gasteiger partial charge in [-0.15, -0.1) is 0 Å². The zero-order chi connectivity index (χ0) is 13.3. The Morgan fingerprint density at radius 1 is 1.39 bits per heavy atom. The van der Waals surface area contributed by atoms with Gasteiger partial charge in [-0.05, 0) is 13.0 Å². The molecule has 18 heavy (non-hydrogen) atoms. The van der Waals surface area contributed by atoms with E-state index in [4.69, 9.17) is 0 Å². The second-order valence-electron chi connectivity index (χ2n) is 4.36. The summed E-state index contributed by atoms with van der Waals surface area (Å²) in [6.45, 7) is 2.40. The number of halogens is 3. The standard InChI is InChI=1S/C12H13F3N2O/c1-7-4-16-5-11(18)17(7)6-8-2-9(13)3-10(14)12(8)15/h2-3,7,16H,4-6H2,1H3/t7-/m0/s1. The maximum Gasteiger partial charge on any atom is 0.237 e. The van der Waals surface area contributed by atoms with Crippen LogP contribution in [0.25, 0.3) is 0 Å². The fourth-order valence-electron chi connectivity index (χ4n) is 2.00. The van der Waals surface area contributed by atoms with Crippen molar-refractivity contribution in [3.8, 4) is 0 Å². The average Bonchev–Trinajstić information content (AvgIpc) is 2.30. The second-order valence-corrected chi connectivity index (χ2v) is 4.36. The fourth-order valence-corrected chi connectivity index (χ4v) is 2.00. The Morgan fingerprint density at radius 3 is 2.78 bits per heavy atom. The predicted octanol–water partition coefficient (Wildman–Crippen LogP) is 1.42. The third-order valence-electron chi connectivity index (χ3n) is 2.98. The molecule has 0 spiro atoms. The van der Waals surface area contributed by atoms with Crippen LogP contribution in [0.2, 0.25) is 0 Å². The van der Waals surface area contributed by atoms with Gasteiger partial charge in [0.2, 0.25) is 5.91 Å². The van der Waals surface area contributed by atoms with Crippen LogP contribution in [0, 0.1) is 17.5 Å². The molecule has 1 aliphatic heterocycles. The summed E-state index contributed by atoms with van der Waals surface area (Å²) in [4.78, 5) is 13.1. The number of hydrogen-bond donors (Lipinski definition) is 1. The number of carbonyl (C=O) groups excluding carboxylic acids is 1. The van der Waals surface area contributed by atoms with Crippen LogP contribution >= 0.6 is 0 Å². The first kappa shape index (κ1) is 12.9. The van der Waals surface area contributed by atoms with Crippen LogP contribution in [-0.4, -0.2) is 29.9 Å². The predicted molar refractivity (Wildman–Crippen MR) is 59.2 cm³/mol. The van der Waals surface area contributed by atoms with E-state index in [-0.39, 0.29) is 30.6 Å². The smallest absolute Gasteiger partial charge is 0.237 e. The van der Waals surface area contributed by atoms with Crippen molar-refractivity contribution in [1.29, 1.82) is 0 Å². The molecule has 98 valence electrons. The van der Waals surface area contributed by atoms with Crippen molar-refractivity contribution in [2.75, 3.05) is 13.1 Å². The second kappa shape index (κ2) is 4.97. The molecule has 1 aliphatic rings. The third kappa shape index (κ3) is 2.48. The van der Waals surface area contributed by atoms with Gasteiger partial charge in [0.1, 0.15) is 5.82 Å². The lowest BCUT2D eigenvalue weighted by molar-refractivity contribution is -0.135. The molecule has 1 saturated heterocycles. The molecule has 1 heterocycles. The van der Waals surface area contributed by atoms with Gasteiger partial charge in [0.15, 0.2) is 11.6 Å². The lowest BCUT2D eigenvalue weighted by atomic mass is 10.1. The van der Waals surface area contributed by atoms with Crippen LogP contribution < -0.4 is 5.32 Å². The summed E-state index contributed by atoms with van der Waals surface area (Å²) in [6, 6.07) is 1.26. The van der Waals surface area contributed by atoms with Crippen LogP contribution in [0.1, 0.15) is 12.5 Å². The van der Waals surface area contributed by atoms with Gasteiger partial charge in [-0.25, -0.2) is 13.2 Å². The molecule has 0 bridgehead atoms. The van der Waals surface area contributed by atoms with Gasteiger partial charge >= 0.3 is 0 Å². The topological polar surface area (TPSA) is 32.3 Å². The van der Waals surface area contributed by atoms with Crippen molar-refractivity contribution in [3.05, 3.63) is 35.1 Å². The van der Waals surface area contributed by atoms with Gasteiger partial charge in [0.25, 0.3) is 0 Å². The van der Waals surface area contributed by atoms with E-state index in [1.54, 1.807) is 6.92 Å². The number of hydrogen-bond acceptors (Lipinski definition) is 2. The van der Waals surface area contributed by atoms with Crippen LogP contribution in [0.4, 0.5) is 13.2 Å². The molecule has 1 N–H and O–H groups in total. The van der Waals surface area contributed by atoms with E-state index >= 15 is 0 Å². The Kier molecular flexibility index (Phi) is 3.56. The number of nitrogens with zero attached hydrogens (tertiary/aromatic N) is 1. The van der Waals surface area contributed by atoms with Gasteiger partial charge in [-0.1, -0.05) is 0 Å². The Morgan fingerprint density at radius 2 is 2.11 bits per heavy atom. The molecule has 0 radical (unpaired) electrons. The molecular formula is C12H13F3N2O. The number of amides is 1. The van der Waals surface area contributed by atoms with E-state index in [9.17, 15) is 18.0 Å². The number of carbonyl (C=O) groups is 1. The average molecular weight is 258 g/mol. The van der Waals surface area contributed by atoms with Crippen LogP contribution in [0.15, 0.2) is 12.1 Å². The summed E-state index contributed by atoms with van der Waals surface area (Å²) in [6.07, 6.45) is 0. The van der Waals surface area contributed by atoms with Crippen molar-refractivity contribution in [3.63, 3.8) is 0 Å². The summed E-state index contributed by atoms with van der Waals surface area (Å²) in [5.41, 5.74) is -0.144. The minimum absolute atomic E-state index is 0.123. The van der Waals surface area contributed by atoms with Crippen LogP contribution in [-0.2, 0) is 11.3 Å². The molecule has 0 aliphatic carbocycles. The lowest BCUT2D eigenvalue weighted by Gasteiger charge is -2.34. The van der Waals surface area contributed by atoms with Gasteiger partial charge in [0, 0.05) is 30.8 Å². The summed E-state index contributed by atoms with van der Waals surface area (Å²) < 4.78 is 39.6. The molecule has 0 saturated carbocycles. The van der Waals surface area contributed by atoms with Crippen molar-refractivity contribution in [2.24, 2.45) is 0 Å². The number of nitrogens with one attached hydrogen (secondary N) is 1. The quantitative estimate of drug-likeness (QED) is 0.814. The molecule has 2 rings (SSSR count). The highest BCUT2D eigenvalue weighted by atomic mass is 19.2. The third-order valence-corrected chi connectivity index (χ3v) is 2.98. The number of piperazine rings is 1. The summed E-state index contributed by atoms with van der Waals surface area (Å²) in [5, 5.41) is 2.90. The molecule has 1 amide bonds. The zero-order valence-corrected chi connectivity index (χ0v) is 9.84. The number of benzene rings is 1. The lowest BCUT2D eigenvalue weighted by Crippen LogP contribution is -2.53. The van der Waals surface area contributed by atoms with Crippen molar-refractivity contribution in [2.45, 2.75) is 19.5 Å². The van der Waals surface area contributed by atoms with E-state index in [2.05, 4.69) is 5.32 Å². The normalized spacial score (nSPS) is 20.3. The highest BCUT2D eigenvalue weighted by Crippen LogP contribution is 2.18. The maximum atomic E-state index is 13.5. The Balaban J connectivity index is 2.25. The summed E-state index contributed by atoms with van der Waals surface area (Å²) in [5.74, 6) is -3.40. The highest BCUT2D eigenvalue weighted by Gasteiger charge is 2.26. The van der Waals surface area contributed by atoms with Gasteiger partial charge < -0.3 is 10.2 Å². The van der Waals surface area contributed by atoms with E-state index in [1.807, 2.05) is 0 Å². The first-order valence-corrected chi connectivity index (χ1v) is 5.62. The molecule has 3 nitrogen and oxygen atoms in total. The molecule has 0 aromatic heterocycles. The molecule has 0 unspecified atom stereocenters. The van der Waals surface area contributed by atoms with Crippen molar-refractivity contribution in [1.82, 2.24) is 10.2 Å². The van der Waals surface area contributed by atoms with Gasteiger partial charge in [-0.2, -0.15) is 0 Å². The Labute approximate surface area is 103 Å².